The summed E-state index contributed by atoms with van der Waals surface area (Å²) < 4.78 is 5.56. The lowest BCUT2D eigenvalue weighted by molar-refractivity contribution is 0.0335. The number of hydrogen-bond donors (Lipinski definition) is 2. The molecule has 2 N–H and O–H groups in total. The van der Waals surface area contributed by atoms with Gasteiger partial charge in [0, 0.05) is 73.9 Å². The quantitative estimate of drug-likeness (QED) is 0.549. The summed E-state index contributed by atoms with van der Waals surface area (Å²) in [5.41, 5.74) is 5.66. The van der Waals surface area contributed by atoms with Gasteiger partial charge in [0.2, 0.25) is 0 Å². The van der Waals surface area contributed by atoms with Gasteiger partial charge in [-0.1, -0.05) is 13.0 Å². The van der Waals surface area contributed by atoms with Crippen LogP contribution in [0.25, 0.3) is 10.9 Å². The zero-order valence-electron chi connectivity index (χ0n) is 22.0. The predicted octanol–water partition coefficient (Wildman–Crippen LogP) is 3.36. The maximum Gasteiger partial charge on any atom is 0.317 e. The van der Waals surface area contributed by atoms with E-state index in [1.165, 1.54) is 22.2 Å². The highest BCUT2D eigenvalue weighted by atomic mass is 16.5. The van der Waals surface area contributed by atoms with E-state index in [9.17, 15) is 9.59 Å². The molecule has 2 fully saturated rings. The fraction of sp³-hybridized carbons (Fsp3) is 0.643. The van der Waals surface area contributed by atoms with Crippen LogP contribution in [0, 0.1) is 0 Å². The Kier molecular flexibility index (Phi) is 7.65. The van der Waals surface area contributed by atoms with E-state index in [1.54, 1.807) is 0 Å². The number of likely N-dealkylation sites (tertiary alicyclic amines) is 1. The van der Waals surface area contributed by atoms with Crippen LogP contribution in [0.1, 0.15) is 66.7 Å². The molecule has 36 heavy (non-hydrogen) atoms. The maximum atomic E-state index is 12.9. The van der Waals surface area contributed by atoms with Gasteiger partial charge in [-0.2, -0.15) is 0 Å². The van der Waals surface area contributed by atoms with E-state index in [-0.39, 0.29) is 12.1 Å². The van der Waals surface area contributed by atoms with Gasteiger partial charge in [-0.25, -0.2) is 4.79 Å². The highest BCUT2D eigenvalue weighted by Gasteiger charge is 2.42. The molecule has 2 aliphatic heterocycles. The molecule has 2 aromatic rings. The van der Waals surface area contributed by atoms with Crippen LogP contribution in [0.4, 0.5) is 4.79 Å². The minimum absolute atomic E-state index is 0.0345. The summed E-state index contributed by atoms with van der Waals surface area (Å²) in [6.45, 7) is 13.9. The van der Waals surface area contributed by atoms with Crippen LogP contribution in [-0.4, -0.2) is 96.6 Å². The fourth-order valence-corrected chi connectivity index (χ4v) is 6.67. The van der Waals surface area contributed by atoms with Gasteiger partial charge in [-0.15, -0.1) is 0 Å². The number of H-pyrrole nitrogens is 1. The van der Waals surface area contributed by atoms with E-state index in [0.29, 0.717) is 25.0 Å². The standard InChI is InChI=1S/C28H41N5O3/c1-4-9-33-16-20(29-28(35)32(5-2)6-3)14-22-21-8-7-19(18-34)27-26(21)23(15-25(22)33)24(30-27)17-31-10-12-36-13-11-31/h7-8,18,20,22,25,30H,4-6,9-17H2,1-3H3,(H,29,35)/t20?,22-,25-/m1/s1. The number of aldehydes is 1. The van der Waals surface area contributed by atoms with Crippen LogP contribution in [0.5, 0.6) is 0 Å². The van der Waals surface area contributed by atoms with E-state index in [1.807, 2.05) is 24.8 Å². The number of aromatic nitrogens is 1. The summed E-state index contributed by atoms with van der Waals surface area (Å²) >= 11 is 0. The van der Waals surface area contributed by atoms with Gasteiger partial charge < -0.3 is 19.9 Å². The Labute approximate surface area is 214 Å². The van der Waals surface area contributed by atoms with Crippen molar-refractivity contribution in [2.24, 2.45) is 0 Å². The molecule has 1 aliphatic carbocycles. The second-order valence-corrected chi connectivity index (χ2v) is 10.5. The minimum Gasteiger partial charge on any atom is -0.379 e. The molecule has 0 radical (unpaired) electrons. The number of aromatic amines is 1. The van der Waals surface area contributed by atoms with Crippen molar-refractivity contribution in [1.82, 2.24) is 25.0 Å². The van der Waals surface area contributed by atoms with Crippen LogP contribution in [0.15, 0.2) is 12.1 Å². The molecule has 8 nitrogen and oxygen atoms in total. The van der Waals surface area contributed by atoms with Crippen LogP contribution < -0.4 is 5.32 Å². The Hall–Kier alpha value is -2.42. The second kappa shape index (κ2) is 10.9. The van der Waals surface area contributed by atoms with Gasteiger partial charge in [-0.05, 0) is 56.8 Å². The fourth-order valence-electron chi connectivity index (χ4n) is 6.67. The van der Waals surface area contributed by atoms with Gasteiger partial charge in [-0.3, -0.25) is 14.6 Å². The Morgan fingerprint density at radius 2 is 2.00 bits per heavy atom. The maximum absolute atomic E-state index is 12.9. The lowest BCUT2D eigenvalue weighted by atomic mass is 9.73. The Balaban J connectivity index is 1.50. The molecule has 2 amide bonds. The molecule has 1 unspecified atom stereocenters. The lowest BCUT2D eigenvalue weighted by Crippen LogP contribution is -2.58. The number of nitrogens with one attached hydrogen (secondary N) is 2. The molecule has 2 saturated heterocycles. The third kappa shape index (κ3) is 4.66. The average Bonchev–Trinajstić information content (AvgIpc) is 3.25. The van der Waals surface area contributed by atoms with Gasteiger partial charge in [0.25, 0.3) is 0 Å². The third-order valence-corrected chi connectivity index (χ3v) is 8.45. The number of fused-ring (bicyclic) bond motifs is 2. The summed E-state index contributed by atoms with van der Waals surface area (Å²) in [5, 5.41) is 4.59. The van der Waals surface area contributed by atoms with E-state index < -0.39 is 0 Å². The molecular formula is C28H41N5O3. The lowest BCUT2D eigenvalue weighted by Gasteiger charge is -2.47. The molecule has 8 heteroatoms. The van der Waals surface area contributed by atoms with Crippen molar-refractivity contribution < 1.29 is 14.3 Å². The van der Waals surface area contributed by atoms with Crippen molar-refractivity contribution >= 4 is 23.2 Å². The molecule has 3 atom stereocenters. The smallest absolute Gasteiger partial charge is 0.317 e. The number of benzene rings is 1. The predicted molar refractivity (Wildman–Crippen MR) is 142 cm³/mol. The number of hydrogen-bond acceptors (Lipinski definition) is 5. The number of nitrogens with zero attached hydrogens (tertiary/aromatic N) is 3. The average molecular weight is 496 g/mol. The topological polar surface area (TPSA) is 80.9 Å². The number of carbonyl (C=O) groups excluding carboxylic acids is 2. The molecule has 3 heterocycles. The molecule has 1 aromatic carbocycles. The zero-order chi connectivity index (χ0) is 25.2. The Morgan fingerprint density at radius 1 is 1.22 bits per heavy atom. The van der Waals surface area contributed by atoms with Crippen molar-refractivity contribution in [3.05, 3.63) is 34.5 Å². The number of ether oxygens (including phenoxy) is 1. The first kappa shape index (κ1) is 25.2. The number of morpholine rings is 1. The van der Waals surface area contributed by atoms with Crippen molar-refractivity contribution in [3.8, 4) is 0 Å². The molecule has 3 aliphatic rings. The first-order valence-electron chi connectivity index (χ1n) is 13.8. The number of rotatable bonds is 8. The first-order valence-corrected chi connectivity index (χ1v) is 13.8. The highest BCUT2D eigenvalue weighted by molar-refractivity contribution is 6.00. The van der Waals surface area contributed by atoms with E-state index in [0.717, 1.165) is 82.6 Å². The minimum atomic E-state index is 0.0345. The molecular weight excluding hydrogens is 454 g/mol. The summed E-state index contributed by atoms with van der Waals surface area (Å²) in [6.07, 6.45) is 3.97. The van der Waals surface area contributed by atoms with E-state index in [4.69, 9.17) is 4.74 Å². The monoisotopic (exact) mass is 495 g/mol. The molecule has 0 saturated carbocycles. The zero-order valence-corrected chi connectivity index (χ0v) is 22.0. The van der Waals surface area contributed by atoms with Crippen molar-refractivity contribution in [2.75, 3.05) is 52.5 Å². The second-order valence-electron chi connectivity index (χ2n) is 10.5. The molecule has 5 rings (SSSR count). The normalized spacial score (nSPS) is 24.5. The summed E-state index contributed by atoms with van der Waals surface area (Å²) in [5.74, 6) is 0.329. The van der Waals surface area contributed by atoms with Gasteiger partial charge in [0.15, 0.2) is 6.29 Å². The van der Waals surface area contributed by atoms with E-state index >= 15 is 0 Å². The number of urea groups is 1. The third-order valence-electron chi connectivity index (χ3n) is 8.45. The molecule has 0 bridgehead atoms. The van der Waals surface area contributed by atoms with Crippen LogP contribution in [-0.2, 0) is 17.7 Å². The van der Waals surface area contributed by atoms with Gasteiger partial charge in [0.05, 0.1) is 18.7 Å². The Bertz CT molecular complexity index is 1090. The van der Waals surface area contributed by atoms with Crippen LogP contribution >= 0.6 is 0 Å². The molecule has 1 aromatic heterocycles. The van der Waals surface area contributed by atoms with Gasteiger partial charge in [0.1, 0.15) is 0 Å². The van der Waals surface area contributed by atoms with Crippen molar-refractivity contribution in [1.29, 1.82) is 0 Å². The number of carbonyl (C=O) groups is 2. The Morgan fingerprint density at radius 3 is 2.69 bits per heavy atom. The summed E-state index contributed by atoms with van der Waals surface area (Å²) in [6, 6.07) is 4.71. The van der Waals surface area contributed by atoms with Crippen LogP contribution in [0.3, 0.4) is 0 Å². The van der Waals surface area contributed by atoms with Crippen molar-refractivity contribution in [3.63, 3.8) is 0 Å². The van der Waals surface area contributed by atoms with Crippen LogP contribution in [0.2, 0.25) is 0 Å². The number of amides is 2. The summed E-state index contributed by atoms with van der Waals surface area (Å²) in [4.78, 5) is 35.5. The highest BCUT2D eigenvalue weighted by Crippen LogP contribution is 2.45. The van der Waals surface area contributed by atoms with E-state index in [2.05, 4.69) is 33.1 Å². The number of piperidine rings is 1. The van der Waals surface area contributed by atoms with Crippen molar-refractivity contribution in [2.45, 2.75) is 64.6 Å². The molecule has 196 valence electrons. The van der Waals surface area contributed by atoms with Gasteiger partial charge >= 0.3 is 6.03 Å². The summed E-state index contributed by atoms with van der Waals surface area (Å²) in [7, 11) is 0. The first-order chi connectivity index (χ1) is 17.6. The SMILES string of the molecule is CCCN1CC(NC(=O)N(CC)CC)C[C@@H]2c3ccc(C=O)c4[nH]c(CN5CCOCC5)c(c34)C[C@H]21. The molecule has 0 spiro atoms. The largest absolute Gasteiger partial charge is 0.379 e.